The molecule has 0 saturated carbocycles. The Labute approximate surface area is 173 Å². The van der Waals surface area contributed by atoms with Crippen molar-refractivity contribution < 1.29 is 9.21 Å². The maximum atomic E-state index is 12.3. The van der Waals surface area contributed by atoms with Crippen molar-refractivity contribution in [3.63, 3.8) is 0 Å². The Morgan fingerprint density at radius 3 is 2.24 bits per heavy atom. The first kappa shape index (κ1) is 20.7. The lowest BCUT2D eigenvalue weighted by Gasteiger charge is -2.24. The largest absolute Gasteiger partial charge is 0.469 e. The van der Waals surface area contributed by atoms with Crippen LogP contribution in [-0.4, -0.2) is 31.4 Å². The minimum absolute atomic E-state index is 0.0868. The number of nitrogens with zero attached hydrogens (tertiary/aromatic N) is 2. The molecule has 4 nitrogen and oxygen atoms in total. The number of rotatable bonds is 8. The molecule has 3 aromatic rings. The van der Waals surface area contributed by atoms with Gasteiger partial charge in [-0.2, -0.15) is 0 Å². The molecule has 29 heavy (non-hydrogen) atoms. The number of hydrogen-bond acceptors (Lipinski definition) is 3. The summed E-state index contributed by atoms with van der Waals surface area (Å²) in [5, 5.41) is 0. The van der Waals surface area contributed by atoms with Crippen LogP contribution in [0.3, 0.4) is 0 Å². The van der Waals surface area contributed by atoms with E-state index in [4.69, 9.17) is 4.42 Å². The second kappa shape index (κ2) is 9.46. The predicted molar refractivity (Wildman–Crippen MR) is 118 cm³/mol. The summed E-state index contributed by atoms with van der Waals surface area (Å²) in [4.78, 5) is 16.3. The van der Waals surface area contributed by atoms with Gasteiger partial charge in [-0.3, -0.25) is 4.79 Å². The van der Waals surface area contributed by atoms with E-state index < -0.39 is 0 Å². The van der Waals surface area contributed by atoms with Gasteiger partial charge < -0.3 is 14.2 Å². The Kier molecular flexibility index (Phi) is 6.76. The molecule has 1 atom stereocenters. The predicted octanol–water partition coefficient (Wildman–Crippen LogP) is 5.22. The first-order chi connectivity index (χ1) is 13.9. The molecule has 0 bridgehead atoms. The topological polar surface area (TPSA) is 36.7 Å². The van der Waals surface area contributed by atoms with Gasteiger partial charge in [0.2, 0.25) is 5.91 Å². The molecule has 0 N–H and O–H groups in total. The van der Waals surface area contributed by atoms with E-state index in [0.717, 1.165) is 23.4 Å². The van der Waals surface area contributed by atoms with Crippen LogP contribution in [0.4, 0.5) is 5.69 Å². The summed E-state index contributed by atoms with van der Waals surface area (Å²) in [6.07, 6.45) is 2.53. The van der Waals surface area contributed by atoms with Crippen molar-refractivity contribution in [3.8, 4) is 0 Å². The van der Waals surface area contributed by atoms with Crippen LogP contribution < -0.4 is 4.90 Å². The van der Waals surface area contributed by atoms with E-state index in [1.165, 1.54) is 11.1 Å². The van der Waals surface area contributed by atoms with Gasteiger partial charge in [-0.25, -0.2) is 0 Å². The molecule has 0 spiro atoms. The van der Waals surface area contributed by atoms with Gasteiger partial charge >= 0.3 is 0 Å². The van der Waals surface area contributed by atoms with Crippen LogP contribution in [0, 0.1) is 6.92 Å². The number of carbonyl (C=O) groups excluding carboxylic acids is 1. The fourth-order valence-electron chi connectivity index (χ4n) is 3.51. The Morgan fingerprint density at radius 2 is 1.69 bits per heavy atom. The number of furan rings is 1. The van der Waals surface area contributed by atoms with Gasteiger partial charge in [0.25, 0.3) is 0 Å². The number of amides is 1. The maximum absolute atomic E-state index is 12.3. The summed E-state index contributed by atoms with van der Waals surface area (Å²) in [7, 11) is 4.05. The van der Waals surface area contributed by atoms with Gasteiger partial charge in [-0.15, -0.1) is 0 Å². The van der Waals surface area contributed by atoms with E-state index in [-0.39, 0.29) is 11.8 Å². The molecule has 0 saturated heterocycles. The van der Waals surface area contributed by atoms with Crippen LogP contribution in [0.15, 0.2) is 71.3 Å². The zero-order chi connectivity index (χ0) is 20.8. The molecule has 1 amide bonds. The molecule has 0 radical (unpaired) electrons. The van der Waals surface area contributed by atoms with Crippen LogP contribution in [0.2, 0.25) is 0 Å². The molecular formula is C25H30N2O2. The van der Waals surface area contributed by atoms with Crippen LogP contribution in [-0.2, 0) is 11.3 Å². The van der Waals surface area contributed by atoms with Crippen LogP contribution in [0.25, 0.3) is 0 Å². The van der Waals surface area contributed by atoms with Crippen molar-refractivity contribution in [3.05, 3.63) is 89.4 Å². The van der Waals surface area contributed by atoms with Crippen molar-refractivity contribution in [1.29, 1.82) is 0 Å². The summed E-state index contributed by atoms with van der Waals surface area (Å²) in [6.45, 7) is 5.01. The summed E-state index contributed by atoms with van der Waals surface area (Å²) >= 11 is 0. The lowest BCUT2D eigenvalue weighted by molar-refractivity contribution is -0.129. The molecule has 2 aromatic carbocycles. The molecule has 3 rings (SSSR count). The van der Waals surface area contributed by atoms with Gasteiger partial charge in [0.15, 0.2) is 0 Å². The van der Waals surface area contributed by atoms with E-state index in [0.29, 0.717) is 13.1 Å². The van der Waals surface area contributed by atoms with Crippen LogP contribution in [0.5, 0.6) is 0 Å². The maximum Gasteiger partial charge on any atom is 0.219 e. The minimum atomic E-state index is 0.0868. The normalized spacial score (nSPS) is 11.9. The minimum Gasteiger partial charge on any atom is -0.469 e. The third-order valence-electron chi connectivity index (χ3n) is 5.33. The molecule has 152 valence electrons. The zero-order valence-electron chi connectivity index (χ0n) is 17.8. The van der Waals surface area contributed by atoms with Gasteiger partial charge in [-0.1, -0.05) is 42.0 Å². The van der Waals surface area contributed by atoms with Crippen LogP contribution >= 0.6 is 0 Å². The summed E-state index contributed by atoms with van der Waals surface area (Å²) in [5.41, 5.74) is 4.74. The zero-order valence-corrected chi connectivity index (χ0v) is 17.8. The van der Waals surface area contributed by atoms with Crippen molar-refractivity contribution in [2.75, 3.05) is 25.5 Å². The first-order valence-electron chi connectivity index (χ1n) is 10.1. The number of anilines is 1. The molecule has 0 aliphatic heterocycles. The Morgan fingerprint density at radius 1 is 1.00 bits per heavy atom. The van der Waals surface area contributed by atoms with E-state index in [2.05, 4.69) is 60.4 Å². The molecule has 1 aromatic heterocycles. The monoisotopic (exact) mass is 390 g/mol. The smallest absolute Gasteiger partial charge is 0.219 e. The van der Waals surface area contributed by atoms with Crippen molar-refractivity contribution in [2.45, 2.75) is 32.7 Å². The molecule has 0 aliphatic rings. The molecule has 0 aliphatic carbocycles. The lowest BCUT2D eigenvalue weighted by atomic mass is 9.92. The third kappa shape index (κ3) is 5.50. The molecule has 1 heterocycles. The van der Waals surface area contributed by atoms with Crippen LogP contribution in [0.1, 0.15) is 41.7 Å². The highest BCUT2D eigenvalue weighted by Crippen LogP contribution is 2.29. The average molecular weight is 391 g/mol. The molecule has 4 heteroatoms. The SMILES string of the molecule is CC(=O)N(CC[C@H](c1ccc(C)cc1)c1ccco1)Cc1ccc(N(C)C)cc1. The fraction of sp³-hybridized carbons (Fsp3) is 0.320. The fourth-order valence-corrected chi connectivity index (χ4v) is 3.51. The summed E-state index contributed by atoms with van der Waals surface area (Å²) < 4.78 is 5.72. The van der Waals surface area contributed by atoms with Crippen molar-refractivity contribution in [2.24, 2.45) is 0 Å². The summed E-state index contributed by atoms with van der Waals surface area (Å²) in [6, 6.07) is 20.9. The highest BCUT2D eigenvalue weighted by Gasteiger charge is 2.19. The van der Waals surface area contributed by atoms with Gasteiger partial charge in [-0.05, 0) is 48.7 Å². The number of carbonyl (C=O) groups is 1. The van der Waals surface area contributed by atoms with E-state index >= 15 is 0 Å². The number of hydrogen-bond donors (Lipinski definition) is 0. The second-order valence-electron chi connectivity index (χ2n) is 7.77. The highest BCUT2D eigenvalue weighted by molar-refractivity contribution is 5.73. The highest BCUT2D eigenvalue weighted by atomic mass is 16.3. The van der Waals surface area contributed by atoms with Crippen molar-refractivity contribution in [1.82, 2.24) is 4.90 Å². The lowest BCUT2D eigenvalue weighted by Crippen LogP contribution is -2.30. The number of benzene rings is 2. The van der Waals surface area contributed by atoms with E-state index in [1.54, 1.807) is 13.2 Å². The first-order valence-corrected chi connectivity index (χ1v) is 10.1. The summed E-state index contributed by atoms with van der Waals surface area (Å²) in [5.74, 6) is 1.15. The Bertz CT molecular complexity index is 897. The van der Waals surface area contributed by atoms with Gasteiger partial charge in [0, 0.05) is 45.7 Å². The van der Waals surface area contributed by atoms with Gasteiger partial charge in [0.1, 0.15) is 5.76 Å². The van der Waals surface area contributed by atoms with Crippen molar-refractivity contribution >= 4 is 11.6 Å². The Hall–Kier alpha value is -3.01. The molecular weight excluding hydrogens is 360 g/mol. The quantitative estimate of drug-likeness (QED) is 0.529. The third-order valence-corrected chi connectivity index (χ3v) is 5.33. The standard InChI is InChI=1S/C25H30N2O2/c1-19-7-11-22(12-8-19)24(25-6-5-17-29-25)15-16-27(20(2)28)18-21-9-13-23(14-10-21)26(3)4/h5-14,17,24H,15-16,18H2,1-4H3/t24-/m1/s1. The molecule has 0 unspecified atom stereocenters. The van der Waals surface area contributed by atoms with E-state index in [9.17, 15) is 4.79 Å². The number of aryl methyl sites for hydroxylation is 1. The molecule has 0 fully saturated rings. The average Bonchev–Trinajstić information content (AvgIpc) is 3.23. The second-order valence-corrected chi connectivity index (χ2v) is 7.77. The van der Waals surface area contributed by atoms with Gasteiger partial charge in [0.05, 0.1) is 6.26 Å². The van der Waals surface area contributed by atoms with E-state index in [1.807, 2.05) is 31.1 Å². The Balaban J connectivity index is 1.73.